The molecule has 1 aromatic carbocycles. The van der Waals surface area contributed by atoms with Gasteiger partial charge in [-0.15, -0.1) is 0 Å². The number of para-hydroxylation sites is 1. The van der Waals surface area contributed by atoms with Gasteiger partial charge in [0.15, 0.2) is 0 Å². The quantitative estimate of drug-likeness (QED) is 0.685. The van der Waals surface area contributed by atoms with Crippen LogP contribution >= 0.6 is 8.69 Å². The number of rotatable bonds is 4. The fourth-order valence-corrected chi connectivity index (χ4v) is 0.870. The minimum atomic E-state index is -0.833. The molecule has 0 unspecified atom stereocenters. The lowest BCUT2D eigenvalue weighted by Crippen LogP contribution is -2.07. The summed E-state index contributed by atoms with van der Waals surface area (Å²) in [6, 6.07) is 9.54. The first-order chi connectivity index (χ1) is 7.20. The molecule has 82 valence electrons. The lowest BCUT2D eigenvalue weighted by Gasteiger charge is -2.02. The molecule has 0 aliphatic heterocycles. The van der Waals surface area contributed by atoms with Crippen LogP contribution in [0.5, 0.6) is 0 Å². The number of hydrogen-bond donors (Lipinski definition) is 3. The first kappa shape index (κ1) is 13.5. The molecule has 1 rings (SSSR count). The van der Waals surface area contributed by atoms with Gasteiger partial charge in [0.2, 0.25) is 0 Å². The smallest absolute Gasteiger partial charge is 0.324 e. The van der Waals surface area contributed by atoms with Gasteiger partial charge in [0, 0.05) is 12.2 Å². The normalized spacial score (nSPS) is 8.87. The number of benzene rings is 1. The lowest BCUT2D eigenvalue weighted by molar-refractivity contribution is -0.136. The van der Waals surface area contributed by atoms with Crippen LogP contribution in [0.2, 0.25) is 0 Å². The molecule has 0 bridgehead atoms. The Labute approximate surface area is 89.0 Å². The van der Waals surface area contributed by atoms with Crippen LogP contribution < -0.4 is 5.32 Å². The van der Waals surface area contributed by atoms with E-state index in [-0.39, 0.29) is 6.42 Å². The van der Waals surface area contributed by atoms with Gasteiger partial charge >= 0.3 is 14.7 Å². The Morgan fingerprint density at radius 1 is 1.33 bits per heavy atom. The molecular weight excluding hydrogens is 217 g/mol. The molecule has 5 nitrogen and oxygen atoms in total. The molecule has 15 heavy (non-hydrogen) atoms. The third-order valence-corrected chi connectivity index (χ3v) is 1.44. The molecule has 0 saturated carbocycles. The molecule has 6 heteroatoms. The second-order valence-electron chi connectivity index (χ2n) is 2.52. The van der Waals surface area contributed by atoms with Crippen molar-refractivity contribution in [1.29, 1.82) is 0 Å². The summed E-state index contributed by atoms with van der Waals surface area (Å²) in [5, 5.41) is 11.3. The molecule has 0 aromatic heterocycles. The summed E-state index contributed by atoms with van der Waals surface area (Å²) >= 11 is 0. The molecular formula is C9H12NO4P. The summed E-state index contributed by atoms with van der Waals surface area (Å²) in [7, 11) is -0.833. The van der Waals surface area contributed by atoms with Gasteiger partial charge in [0.05, 0.1) is 6.42 Å². The molecule has 0 aliphatic rings. The van der Waals surface area contributed by atoms with Gasteiger partial charge in [-0.3, -0.25) is 4.79 Å². The van der Waals surface area contributed by atoms with Crippen molar-refractivity contribution in [2.75, 3.05) is 11.9 Å². The van der Waals surface area contributed by atoms with Gasteiger partial charge in [-0.1, -0.05) is 18.2 Å². The van der Waals surface area contributed by atoms with Crippen molar-refractivity contribution in [1.82, 2.24) is 0 Å². The minimum absolute atomic E-state index is 0.148. The van der Waals surface area contributed by atoms with E-state index in [1.54, 1.807) is 0 Å². The number of nitrogens with one attached hydrogen (secondary N) is 1. The largest absolute Gasteiger partial charge is 0.481 e. The zero-order chi connectivity index (χ0) is 11.5. The van der Waals surface area contributed by atoms with Crippen molar-refractivity contribution in [3.8, 4) is 0 Å². The van der Waals surface area contributed by atoms with Crippen molar-refractivity contribution >= 4 is 20.3 Å². The van der Waals surface area contributed by atoms with Crippen LogP contribution in [0.1, 0.15) is 6.42 Å². The molecule has 0 saturated heterocycles. The summed E-state index contributed by atoms with van der Waals surface area (Å²) in [6.45, 7) is 0.472. The summed E-state index contributed by atoms with van der Waals surface area (Å²) in [5.41, 5.74) is 0.957. The molecule has 0 aliphatic carbocycles. The Bertz CT molecular complexity index is 291. The zero-order valence-electron chi connectivity index (χ0n) is 7.96. The van der Waals surface area contributed by atoms with Crippen molar-refractivity contribution < 1.29 is 19.4 Å². The topological polar surface area (TPSA) is 86.6 Å². The Morgan fingerprint density at radius 2 is 1.87 bits per heavy atom. The van der Waals surface area contributed by atoms with E-state index in [2.05, 4.69) is 5.32 Å². The Balaban J connectivity index is 0.000000583. The highest BCUT2D eigenvalue weighted by Crippen LogP contribution is 2.03. The van der Waals surface area contributed by atoms with Gasteiger partial charge < -0.3 is 15.3 Å². The van der Waals surface area contributed by atoms with E-state index >= 15 is 0 Å². The van der Waals surface area contributed by atoms with E-state index < -0.39 is 14.7 Å². The van der Waals surface area contributed by atoms with Crippen LogP contribution in [0, 0.1) is 0 Å². The third-order valence-electron chi connectivity index (χ3n) is 1.44. The molecule has 3 N–H and O–H groups in total. The standard InChI is InChI=1S/C9H11NO2.HO2P/c11-9(12)6-7-10-8-4-2-1-3-5-8;1-3-2/h1-5,10H,6-7H2,(H,11,12);(H,1,2). The average molecular weight is 229 g/mol. The highest BCUT2D eigenvalue weighted by atomic mass is 31.1. The Kier molecular flexibility index (Phi) is 8.24. The van der Waals surface area contributed by atoms with E-state index in [0.717, 1.165) is 5.69 Å². The number of carboxylic acid groups (broad SMARTS) is 1. The first-order valence-corrected chi connectivity index (χ1v) is 4.94. The fraction of sp³-hybridized carbons (Fsp3) is 0.222. The summed E-state index contributed by atoms with van der Waals surface area (Å²) in [4.78, 5) is 17.1. The first-order valence-electron chi connectivity index (χ1n) is 4.18. The molecule has 0 spiro atoms. The van der Waals surface area contributed by atoms with Gasteiger partial charge in [-0.25, -0.2) is 4.57 Å². The lowest BCUT2D eigenvalue weighted by atomic mass is 10.3. The van der Waals surface area contributed by atoms with E-state index in [1.165, 1.54) is 0 Å². The number of carbonyl (C=O) groups is 1. The molecule has 1 aromatic rings. The van der Waals surface area contributed by atoms with E-state index in [0.29, 0.717) is 6.54 Å². The second kappa shape index (κ2) is 9.12. The van der Waals surface area contributed by atoms with E-state index in [4.69, 9.17) is 14.6 Å². The van der Waals surface area contributed by atoms with Crippen molar-refractivity contribution in [2.45, 2.75) is 6.42 Å². The fourth-order valence-electron chi connectivity index (χ4n) is 0.870. The van der Waals surface area contributed by atoms with Crippen LogP contribution in [0.15, 0.2) is 30.3 Å². The van der Waals surface area contributed by atoms with Crippen molar-refractivity contribution in [2.24, 2.45) is 0 Å². The average Bonchev–Trinajstić information content (AvgIpc) is 2.20. The van der Waals surface area contributed by atoms with Crippen molar-refractivity contribution in [3.63, 3.8) is 0 Å². The van der Waals surface area contributed by atoms with E-state index in [9.17, 15) is 4.79 Å². The van der Waals surface area contributed by atoms with Crippen LogP contribution in [-0.2, 0) is 9.36 Å². The summed E-state index contributed by atoms with van der Waals surface area (Å²) in [6.07, 6.45) is 0.148. The highest BCUT2D eigenvalue weighted by Gasteiger charge is 1.94. The molecule has 0 radical (unpaired) electrons. The minimum Gasteiger partial charge on any atom is -0.481 e. The SMILES string of the molecule is O=C(O)CCNc1ccccc1.O=PO. The summed E-state index contributed by atoms with van der Waals surface area (Å²) in [5.74, 6) is -0.779. The number of hydrogen-bond acceptors (Lipinski definition) is 3. The maximum Gasteiger partial charge on any atom is 0.324 e. The van der Waals surface area contributed by atoms with Gasteiger partial charge in [-0.05, 0) is 12.1 Å². The predicted molar refractivity (Wildman–Crippen MR) is 57.0 cm³/mol. The zero-order valence-corrected chi connectivity index (χ0v) is 8.85. The monoisotopic (exact) mass is 229 g/mol. The van der Waals surface area contributed by atoms with Crippen LogP contribution in [0.3, 0.4) is 0 Å². The van der Waals surface area contributed by atoms with E-state index in [1.807, 2.05) is 30.3 Å². The second-order valence-corrected chi connectivity index (χ2v) is 2.68. The number of anilines is 1. The van der Waals surface area contributed by atoms with Crippen LogP contribution in [-0.4, -0.2) is 22.5 Å². The predicted octanol–water partition coefficient (Wildman–Crippen LogP) is 1.76. The Hall–Kier alpha value is -1.45. The third kappa shape index (κ3) is 8.87. The molecule has 0 amide bonds. The van der Waals surface area contributed by atoms with Gasteiger partial charge in [-0.2, -0.15) is 0 Å². The summed E-state index contributed by atoms with van der Waals surface area (Å²) < 4.78 is 8.46. The highest BCUT2D eigenvalue weighted by molar-refractivity contribution is 7.16. The van der Waals surface area contributed by atoms with Gasteiger partial charge in [0.1, 0.15) is 0 Å². The number of aliphatic carboxylic acids is 1. The molecule has 0 atom stereocenters. The molecule has 0 heterocycles. The van der Waals surface area contributed by atoms with Crippen LogP contribution in [0.4, 0.5) is 5.69 Å². The van der Waals surface area contributed by atoms with Crippen LogP contribution in [0.25, 0.3) is 0 Å². The maximum absolute atomic E-state index is 10.1. The van der Waals surface area contributed by atoms with Gasteiger partial charge in [0.25, 0.3) is 0 Å². The molecule has 0 fully saturated rings. The maximum atomic E-state index is 10.1. The number of carboxylic acids is 1. The Morgan fingerprint density at radius 3 is 2.33 bits per heavy atom. The van der Waals surface area contributed by atoms with Crippen molar-refractivity contribution in [3.05, 3.63) is 30.3 Å².